The predicted molar refractivity (Wildman–Crippen MR) is 118 cm³/mol. The highest BCUT2D eigenvalue weighted by Gasteiger charge is 2.16. The second kappa shape index (κ2) is 10.7. The van der Waals surface area contributed by atoms with Crippen LogP contribution in [0.4, 0.5) is 0 Å². The maximum atomic E-state index is 12.0. The molecule has 0 aliphatic carbocycles. The van der Waals surface area contributed by atoms with Crippen LogP contribution in [-0.2, 0) is 20.6 Å². The summed E-state index contributed by atoms with van der Waals surface area (Å²) in [5.74, 6) is 1.72. The number of nitrogens with one attached hydrogen (secondary N) is 1. The molecule has 2 rings (SSSR count). The highest BCUT2D eigenvalue weighted by molar-refractivity contribution is 7.99. The Morgan fingerprint density at radius 2 is 1.69 bits per heavy atom. The van der Waals surface area contributed by atoms with Crippen molar-refractivity contribution in [2.24, 2.45) is 0 Å². The number of benzene rings is 2. The van der Waals surface area contributed by atoms with E-state index in [1.807, 2.05) is 0 Å². The number of sulfonamides is 1. The molecule has 29 heavy (non-hydrogen) atoms. The molecule has 0 bridgehead atoms. The average molecular weight is 437 g/mol. The van der Waals surface area contributed by atoms with Crippen LogP contribution in [0.2, 0.25) is 0 Å². The number of ether oxygens (including phenoxy) is 1. The normalized spacial score (nSPS) is 11.5. The SMILES string of the molecule is Cc1cc(C)cc(CSCC(=O)NCCOc2ccc(S(=O)(=O)N(C)C)cc2)c1. The van der Waals surface area contributed by atoms with E-state index in [0.29, 0.717) is 24.7 Å². The molecule has 0 aromatic heterocycles. The Hall–Kier alpha value is -2.03. The number of carbonyl (C=O) groups excluding carboxylic acids is 1. The molecule has 2 aromatic rings. The van der Waals surface area contributed by atoms with Gasteiger partial charge in [-0.2, -0.15) is 0 Å². The van der Waals surface area contributed by atoms with E-state index < -0.39 is 10.0 Å². The Morgan fingerprint density at radius 3 is 2.28 bits per heavy atom. The Morgan fingerprint density at radius 1 is 1.07 bits per heavy atom. The van der Waals surface area contributed by atoms with Gasteiger partial charge in [-0.15, -0.1) is 11.8 Å². The molecule has 0 aliphatic rings. The summed E-state index contributed by atoms with van der Waals surface area (Å²) < 4.78 is 30.8. The first-order valence-corrected chi connectivity index (χ1v) is 11.8. The summed E-state index contributed by atoms with van der Waals surface area (Å²) in [4.78, 5) is 12.2. The molecular formula is C21H28N2O4S2. The molecule has 0 spiro atoms. The van der Waals surface area contributed by atoms with E-state index in [2.05, 4.69) is 37.4 Å². The van der Waals surface area contributed by atoms with Gasteiger partial charge in [0.2, 0.25) is 15.9 Å². The van der Waals surface area contributed by atoms with Crippen LogP contribution in [0.5, 0.6) is 5.75 Å². The first-order chi connectivity index (χ1) is 13.7. The molecule has 8 heteroatoms. The summed E-state index contributed by atoms with van der Waals surface area (Å²) in [5.41, 5.74) is 3.69. The van der Waals surface area contributed by atoms with Crippen molar-refractivity contribution >= 4 is 27.7 Å². The average Bonchev–Trinajstić information content (AvgIpc) is 2.65. The van der Waals surface area contributed by atoms with E-state index in [-0.39, 0.29) is 10.8 Å². The summed E-state index contributed by atoms with van der Waals surface area (Å²) in [6, 6.07) is 12.6. The minimum absolute atomic E-state index is 0.0320. The molecule has 0 radical (unpaired) electrons. The number of nitrogens with zero attached hydrogens (tertiary/aromatic N) is 1. The lowest BCUT2D eigenvalue weighted by molar-refractivity contribution is -0.118. The van der Waals surface area contributed by atoms with Gasteiger partial charge in [-0.1, -0.05) is 29.3 Å². The second-order valence-corrected chi connectivity index (χ2v) is 10.1. The van der Waals surface area contributed by atoms with Gasteiger partial charge in [0.25, 0.3) is 0 Å². The number of thioether (sulfide) groups is 1. The highest BCUT2D eigenvalue weighted by Crippen LogP contribution is 2.18. The second-order valence-electron chi connectivity index (χ2n) is 6.95. The van der Waals surface area contributed by atoms with Crippen molar-refractivity contribution in [3.8, 4) is 5.75 Å². The minimum Gasteiger partial charge on any atom is -0.492 e. The molecule has 2 aromatic carbocycles. The van der Waals surface area contributed by atoms with E-state index in [9.17, 15) is 13.2 Å². The summed E-state index contributed by atoms with van der Waals surface area (Å²) in [7, 11) is -0.468. The molecular weight excluding hydrogens is 408 g/mol. The Balaban J connectivity index is 1.67. The van der Waals surface area contributed by atoms with Crippen molar-refractivity contribution in [2.75, 3.05) is 33.0 Å². The topological polar surface area (TPSA) is 75.7 Å². The zero-order valence-corrected chi connectivity index (χ0v) is 18.9. The fraction of sp³-hybridized carbons (Fsp3) is 0.381. The fourth-order valence-corrected chi connectivity index (χ4v) is 4.44. The van der Waals surface area contributed by atoms with Crippen molar-refractivity contribution in [1.29, 1.82) is 0 Å². The van der Waals surface area contributed by atoms with Gasteiger partial charge < -0.3 is 10.1 Å². The van der Waals surface area contributed by atoms with Gasteiger partial charge in [0, 0.05) is 19.8 Å². The molecule has 1 amide bonds. The third-order valence-electron chi connectivity index (χ3n) is 4.08. The largest absolute Gasteiger partial charge is 0.492 e. The molecule has 1 N–H and O–H groups in total. The molecule has 0 fully saturated rings. The zero-order chi connectivity index (χ0) is 21.4. The standard InChI is InChI=1S/C21H28N2O4S2/c1-16-11-17(2)13-18(12-16)14-28-15-21(24)22-9-10-27-19-5-7-20(8-6-19)29(25,26)23(3)4/h5-8,11-13H,9-10,14-15H2,1-4H3,(H,22,24). The molecule has 158 valence electrons. The van der Waals surface area contributed by atoms with E-state index >= 15 is 0 Å². The highest BCUT2D eigenvalue weighted by atomic mass is 32.2. The zero-order valence-electron chi connectivity index (χ0n) is 17.3. The van der Waals surface area contributed by atoms with Gasteiger partial charge in [-0.05, 0) is 43.7 Å². The van der Waals surface area contributed by atoms with Crippen LogP contribution in [0, 0.1) is 13.8 Å². The Kier molecular flexibility index (Phi) is 8.55. The minimum atomic E-state index is -3.45. The van der Waals surface area contributed by atoms with Crippen LogP contribution in [0.15, 0.2) is 47.4 Å². The number of hydrogen-bond donors (Lipinski definition) is 1. The summed E-state index contributed by atoms with van der Waals surface area (Å²) in [6.07, 6.45) is 0. The van der Waals surface area contributed by atoms with Gasteiger partial charge in [-0.25, -0.2) is 12.7 Å². The Bertz CT molecular complexity index is 906. The van der Waals surface area contributed by atoms with E-state index in [1.54, 1.807) is 23.9 Å². The first-order valence-electron chi connectivity index (χ1n) is 9.25. The van der Waals surface area contributed by atoms with Gasteiger partial charge in [0.1, 0.15) is 12.4 Å². The molecule has 0 saturated carbocycles. The summed E-state index contributed by atoms with van der Waals surface area (Å²) >= 11 is 1.58. The third-order valence-corrected chi connectivity index (χ3v) is 6.91. The van der Waals surface area contributed by atoms with Gasteiger partial charge in [0.05, 0.1) is 17.2 Å². The molecule has 0 heterocycles. The van der Waals surface area contributed by atoms with Crippen LogP contribution >= 0.6 is 11.8 Å². The summed E-state index contributed by atoms with van der Waals surface area (Å²) in [5, 5.41) is 2.83. The number of carbonyl (C=O) groups is 1. The number of amides is 1. The maximum Gasteiger partial charge on any atom is 0.242 e. The lowest BCUT2D eigenvalue weighted by Gasteiger charge is -2.12. The van der Waals surface area contributed by atoms with E-state index in [0.717, 1.165) is 10.1 Å². The van der Waals surface area contributed by atoms with E-state index in [1.165, 1.54) is 42.9 Å². The van der Waals surface area contributed by atoms with Gasteiger partial charge in [-0.3, -0.25) is 4.79 Å². The van der Waals surface area contributed by atoms with Crippen molar-refractivity contribution in [2.45, 2.75) is 24.5 Å². The smallest absolute Gasteiger partial charge is 0.242 e. The van der Waals surface area contributed by atoms with Crippen LogP contribution in [0.25, 0.3) is 0 Å². The molecule has 0 saturated heterocycles. The van der Waals surface area contributed by atoms with E-state index in [4.69, 9.17) is 4.74 Å². The summed E-state index contributed by atoms with van der Waals surface area (Å²) in [6.45, 7) is 4.85. The third kappa shape index (κ3) is 7.38. The van der Waals surface area contributed by atoms with Gasteiger partial charge in [0.15, 0.2) is 0 Å². The predicted octanol–water partition coefficient (Wildman–Crippen LogP) is 2.98. The fourth-order valence-electron chi connectivity index (χ4n) is 2.74. The van der Waals surface area contributed by atoms with Crippen molar-refractivity contribution in [3.63, 3.8) is 0 Å². The van der Waals surface area contributed by atoms with Crippen LogP contribution in [-0.4, -0.2) is 51.6 Å². The first kappa shape index (κ1) is 23.3. The Labute approximate surface area is 177 Å². The van der Waals surface area contributed by atoms with Crippen molar-refractivity contribution < 1.29 is 17.9 Å². The molecule has 0 aliphatic heterocycles. The maximum absolute atomic E-state index is 12.0. The van der Waals surface area contributed by atoms with Crippen molar-refractivity contribution in [3.05, 3.63) is 59.2 Å². The number of aryl methyl sites for hydroxylation is 2. The lowest BCUT2D eigenvalue weighted by Crippen LogP contribution is -2.29. The monoisotopic (exact) mass is 436 g/mol. The van der Waals surface area contributed by atoms with Crippen molar-refractivity contribution in [1.82, 2.24) is 9.62 Å². The lowest BCUT2D eigenvalue weighted by atomic mass is 10.1. The van der Waals surface area contributed by atoms with Crippen LogP contribution in [0.3, 0.4) is 0 Å². The molecule has 0 unspecified atom stereocenters. The van der Waals surface area contributed by atoms with Crippen LogP contribution in [0.1, 0.15) is 16.7 Å². The number of rotatable bonds is 10. The quantitative estimate of drug-likeness (QED) is 0.580. The number of hydrogen-bond acceptors (Lipinski definition) is 5. The molecule has 0 atom stereocenters. The van der Waals surface area contributed by atoms with Crippen LogP contribution < -0.4 is 10.1 Å². The van der Waals surface area contributed by atoms with Gasteiger partial charge >= 0.3 is 0 Å². The molecule has 6 nitrogen and oxygen atoms in total.